The number of fused-ring (bicyclic) bond motifs is 4. The molecule has 0 unspecified atom stereocenters. The zero-order valence-corrected chi connectivity index (χ0v) is 21.6. The Balaban J connectivity index is 1.53. The highest BCUT2D eigenvalue weighted by Gasteiger charge is 2.67. The number of ether oxygens (including phenoxy) is 1. The molecule has 3 fully saturated rings. The molecule has 2 aromatic rings. The number of phenolic OH excluding ortho intramolecular Hbond substituents is 1. The first-order valence-corrected chi connectivity index (χ1v) is 13.1. The maximum atomic E-state index is 14.2. The van der Waals surface area contributed by atoms with Gasteiger partial charge in [0.2, 0.25) is 23.6 Å². The Morgan fingerprint density at radius 2 is 1.74 bits per heavy atom. The van der Waals surface area contributed by atoms with Gasteiger partial charge in [0.25, 0.3) is 0 Å². The maximum absolute atomic E-state index is 14.2. The van der Waals surface area contributed by atoms with E-state index in [1.165, 1.54) is 16.9 Å². The number of methoxy groups -OCH3 is 1. The summed E-state index contributed by atoms with van der Waals surface area (Å²) in [5.74, 6) is -3.35. The Hall–Kier alpha value is -3.94. The van der Waals surface area contributed by atoms with Crippen molar-refractivity contribution < 1.29 is 29.0 Å². The van der Waals surface area contributed by atoms with Crippen molar-refractivity contribution in [3.05, 3.63) is 65.7 Å². The predicted molar refractivity (Wildman–Crippen MR) is 138 cm³/mol. The Bertz CT molecular complexity index is 1400. The molecule has 6 rings (SSSR count). The van der Waals surface area contributed by atoms with Gasteiger partial charge in [-0.15, -0.1) is 0 Å². The molecule has 8 heteroatoms. The lowest BCUT2D eigenvalue weighted by Gasteiger charge is -2.49. The summed E-state index contributed by atoms with van der Waals surface area (Å²) in [5, 5.41) is 10.7. The van der Waals surface area contributed by atoms with Crippen molar-refractivity contribution in [1.82, 2.24) is 4.90 Å². The molecule has 2 aromatic carbocycles. The summed E-state index contributed by atoms with van der Waals surface area (Å²) in [5.41, 5.74) is 0.933. The van der Waals surface area contributed by atoms with Crippen LogP contribution in [0.25, 0.3) is 0 Å². The Kier molecular flexibility index (Phi) is 5.49. The molecule has 1 N–H and O–H groups in total. The lowest BCUT2D eigenvalue weighted by Crippen LogP contribution is -2.48. The summed E-state index contributed by atoms with van der Waals surface area (Å²) in [6.07, 6.45) is 2.72. The largest absolute Gasteiger partial charge is 0.504 e. The molecule has 0 radical (unpaired) electrons. The Labute approximate surface area is 220 Å². The molecule has 6 atom stereocenters. The molecule has 2 saturated heterocycles. The van der Waals surface area contributed by atoms with Gasteiger partial charge < -0.3 is 9.84 Å². The van der Waals surface area contributed by atoms with Crippen molar-refractivity contribution in [3.8, 4) is 11.5 Å². The van der Waals surface area contributed by atoms with Crippen molar-refractivity contribution >= 4 is 29.3 Å². The number of likely N-dealkylation sites (tertiary alicyclic amines) is 1. The van der Waals surface area contributed by atoms with Crippen LogP contribution >= 0.6 is 0 Å². The maximum Gasteiger partial charge on any atom is 0.241 e. The fraction of sp³-hybridized carbons (Fsp3) is 0.400. The predicted octanol–water partition coefficient (Wildman–Crippen LogP) is 3.65. The minimum absolute atomic E-state index is 0.0671. The van der Waals surface area contributed by atoms with Gasteiger partial charge in [-0.25, -0.2) is 4.90 Å². The standard InChI is InChI=1S/C30H30N2O6/c1-4-31-26(34)19-12-11-18-20(24(19)28(31)36)15-21-27(35)32(17-8-6-5-7-9-17)29(37)30(21,2)25(18)16-10-13-23(38-3)22(33)14-16/h5-11,13-14,19-21,24-25,33H,4,12,15H2,1-3H3/t19-,20+,21-,24-,25-,30+/m0/s1. The number of hydrogen-bond acceptors (Lipinski definition) is 6. The summed E-state index contributed by atoms with van der Waals surface area (Å²) in [6, 6.07) is 13.9. The number of benzene rings is 2. The summed E-state index contributed by atoms with van der Waals surface area (Å²) < 4.78 is 5.24. The molecule has 0 aromatic heterocycles. The van der Waals surface area contributed by atoms with Gasteiger partial charge in [-0.2, -0.15) is 0 Å². The van der Waals surface area contributed by atoms with Crippen LogP contribution in [-0.2, 0) is 19.2 Å². The van der Waals surface area contributed by atoms with E-state index in [4.69, 9.17) is 4.74 Å². The molecule has 4 aliphatic rings. The highest BCUT2D eigenvalue weighted by atomic mass is 16.5. The number of allylic oxidation sites excluding steroid dienone is 2. The van der Waals surface area contributed by atoms with Gasteiger partial charge in [0.1, 0.15) is 0 Å². The van der Waals surface area contributed by atoms with Crippen LogP contribution in [0.1, 0.15) is 38.2 Å². The smallest absolute Gasteiger partial charge is 0.241 e. The molecule has 1 saturated carbocycles. The molecule has 2 aliphatic carbocycles. The second-order valence-electron chi connectivity index (χ2n) is 10.8. The third kappa shape index (κ3) is 3.09. The quantitative estimate of drug-likeness (QED) is 0.493. The molecule has 2 heterocycles. The van der Waals surface area contributed by atoms with E-state index in [0.717, 1.165) is 5.57 Å². The number of aromatic hydroxyl groups is 1. The number of anilines is 1. The number of phenols is 1. The van der Waals surface area contributed by atoms with Crippen LogP contribution < -0.4 is 9.64 Å². The Morgan fingerprint density at radius 3 is 2.39 bits per heavy atom. The summed E-state index contributed by atoms with van der Waals surface area (Å²) in [4.78, 5) is 57.4. The number of amides is 4. The monoisotopic (exact) mass is 514 g/mol. The van der Waals surface area contributed by atoms with Crippen molar-refractivity contribution in [1.29, 1.82) is 0 Å². The van der Waals surface area contributed by atoms with E-state index in [-0.39, 0.29) is 35.3 Å². The van der Waals surface area contributed by atoms with Gasteiger partial charge in [0.15, 0.2) is 11.5 Å². The van der Waals surface area contributed by atoms with Gasteiger partial charge >= 0.3 is 0 Å². The van der Waals surface area contributed by atoms with Crippen LogP contribution in [0.3, 0.4) is 0 Å². The van der Waals surface area contributed by atoms with E-state index in [2.05, 4.69) is 0 Å². The third-order valence-electron chi connectivity index (χ3n) is 9.23. The average Bonchev–Trinajstić information content (AvgIpc) is 3.28. The minimum atomic E-state index is -1.14. The number of para-hydroxylation sites is 1. The van der Waals surface area contributed by atoms with Gasteiger partial charge in [0, 0.05) is 12.5 Å². The number of carbonyl (C=O) groups excluding carboxylic acids is 4. The first-order chi connectivity index (χ1) is 18.2. The molecule has 0 spiro atoms. The first-order valence-electron chi connectivity index (χ1n) is 13.1. The summed E-state index contributed by atoms with van der Waals surface area (Å²) in [7, 11) is 1.46. The van der Waals surface area contributed by atoms with Crippen LogP contribution in [0.15, 0.2) is 60.2 Å². The Morgan fingerprint density at radius 1 is 1.00 bits per heavy atom. The number of nitrogens with zero attached hydrogens (tertiary/aromatic N) is 2. The van der Waals surface area contributed by atoms with E-state index in [1.54, 1.807) is 43.3 Å². The lowest BCUT2D eigenvalue weighted by molar-refractivity contribution is -0.140. The fourth-order valence-corrected chi connectivity index (χ4v) is 7.48. The molecule has 4 amide bonds. The topological polar surface area (TPSA) is 104 Å². The van der Waals surface area contributed by atoms with Gasteiger partial charge in [0.05, 0.1) is 36.0 Å². The van der Waals surface area contributed by atoms with Gasteiger partial charge in [-0.3, -0.25) is 24.1 Å². The van der Waals surface area contributed by atoms with Gasteiger partial charge in [-0.1, -0.05) is 35.9 Å². The number of rotatable bonds is 4. The molecule has 38 heavy (non-hydrogen) atoms. The number of hydrogen-bond donors (Lipinski definition) is 1. The van der Waals surface area contributed by atoms with E-state index < -0.39 is 29.1 Å². The third-order valence-corrected chi connectivity index (χ3v) is 9.23. The second kappa shape index (κ2) is 8.55. The molecule has 8 nitrogen and oxygen atoms in total. The highest BCUT2D eigenvalue weighted by Crippen LogP contribution is 2.63. The molecule has 0 bridgehead atoms. The van der Waals surface area contributed by atoms with E-state index in [1.807, 2.05) is 25.1 Å². The lowest BCUT2D eigenvalue weighted by atomic mass is 9.51. The van der Waals surface area contributed by atoms with Crippen molar-refractivity contribution in [3.63, 3.8) is 0 Å². The van der Waals surface area contributed by atoms with Crippen LogP contribution in [0.2, 0.25) is 0 Å². The fourth-order valence-electron chi connectivity index (χ4n) is 7.48. The van der Waals surface area contributed by atoms with E-state index >= 15 is 0 Å². The van der Waals surface area contributed by atoms with Gasteiger partial charge in [-0.05, 0) is 62.4 Å². The second-order valence-corrected chi connectivity index (χ2v) is 10.8. The van der Waals surface area contributed by atoms with Crippen LogP contribution in [-0.4, -0.2) is 47.3 Å². The van der Waals surface area contributed by atoms with E-state index in [9.17, 15) is 24.3 Å². The highest BCUT2D eigenvalue weighted by molar-refractivity contribution is 6.24. The molecular formula is C30H30N2O6. The molecular weight excluding hydrogens is 484 g/mol. The van der Waals surface area contributed by atoms with Crippen LogP contribution in [0.4, 0.5) is 5.69 Å². The van der Waals surface area contributed by atoms with E-state index in [0.29, 0.717) is 36.4 Å². The van der Waals surface area contributed by atoms with Crippen LogP contribution in [0, 0.1) is 29.1 Å². The SMILES string of the molecule is CCN1C(=O)[C@H]2[C@H](CC=C3[C@H]2C[C@H]2C(=O)N(c4ccccc4)C(=O)[C@@]2(C)[C@H]3c2ccc(OC)c(O)c2)C1=O. The minimum Gasteiger partial charge on any atom is -0.504 e. The number of imide groups is 2. The first kappa shape index (κ1) is 24.4. The summed E-state index contributed by atoms with van der Waals surface area (Å²) in [6.45, 7) is 3.93. The zero-order chi connectivity index (χ0) is 26.9. The average molecular weight is 515 g/mol. The summed E-state index contributed by atoms with van der Waals surface area (Å²) >= 11 is 0. The molecule has 196 valence electrons. The van der Waals surface area contributed by atoms with Crippen molar-refractivity contribution in [2.45, 2.75) is 32.6 Å². The zero-order valence-electron chi connectivity index (χ0n) is 21.6. The molecule has 2 aliphatic heterocycles. The number of carbonyl (C=O) groups is 4. The normalized spacial score (nSPS) is 32.2. The van der Waals surface area contributed by atoms with Crippen molar-refractivity contribution in [2.75, 3.05) is 18.6 Å². The van der Waals surface area contributed by atoms with Crippen LogP contribution in [0.5, 0.6) is 11.5 Å². The van der Waals surface area contributed by atoms with Crippen molar-refractivity contribution in [2.24, 2.45) is 29.1 Å².